The Morgan fingerprint density at radius 1 is 1.03 bits per heavy atom. The molecule has 1 aliphatic rings. The normalized spacial score (nSPS) is 15.5. The number of ether oxygens (including phenoxy) is 1. The lowest BCUT2D eigenvalue weighted by atomic mass is 10.2. The number of sulfonamides is 1. The molecule has 0 atom stereocenters. The van der Waals surface area contributed by atoms with Gasteiger partial charge in [-0.05, 0) is 55.3 Å². The van der Waals surface area contributed by atoms with Crippen LogP contribution in [0.5, 0.6) is 5.75 Å². The van der Waals surface area contributed by atoms with Gasteiger partial charge in [0, 0.05) is 31.2 Å². The summed E-state index contributed by atoms with van der Waals surface area (Å²) in [5, 5.41) is 1.22. The lowest BCUT2D eigenvalue weighted by Crippen LogP contribution is -2.48. The highest BCUT2D eigenvalue weighted by Crippen LogP contribution is 2.31. The molecule has 29 heavy (non-hydrogen) atoms. The Morgan fingerprint density at radius 2 is 1.76 bits per heavy atom. The number of nitrogens with zero attached hydrogens (tertiary/aromatic N) is 2. The summed E-state index contributed by atoms with van der Waals surface area (Å²) in [5.41, 5.74) is 1.66. The third-order valence-corrected chi connectivity index (χ3v) is 7.48. The Balaban J connectivity index is 1.69. The zero-order chi connectivity index (χ0) is 21.0. The molecule has 0 aromatic heterocycles. The van der Waals surface area contributed by atoms with E-state index in [0.29, 0.717) is 47.7 Å². The number of hydrogen-bond acceptors (Lipinski definition) is 4. The summed E-state index contributed by atoms with van der Waals surface area (Å²) in [4.78, 5) is 2.36. The fraction of sp³-hybridized carbons (Fsp3) is 0.429. The highest BCUT2D eigenvalue weighted by molar-refractivity contribution is 7.89. The fourth-order valence-corrected chi connectivity index (χ4v) is 5.23. The molecule has 8 heteroatoms. The van der Waals surface area contributed by atoms with Gasteiger partial charge < -0.3 is 9.64 Å². The van der Waals surface area contributed by atoms with Gasteiger partial charge in [-0.15, -0.1) is 0 Å². The minimum absolute atomic E-state index is 0.298. The van der Waals surface area contributed by atoms with Crippen LogP contribution in [-0.2, 0) is 10.0 Å². The maximum atomic E-state index is 13.1. The predicted octanol–water partition coefficient (Wildman–Crippen LogP) is 4.99. The molecule has 0 N–H and O–H groups in total. The molecule has 158 valence electrons. The number of hydrogen-bond donors (Lipinski definition) is 0. The SMILES string of the molecule is CCCCOc1ccc(S(=O)(=O)N2CCN(c3cc(Cl)ccc3Cl)CC2)cc1C. The van der Waals surface area contributed by atoms with Gasteiger partial charge in [0.15, 0.2) is 0 Å². The topological polar surface area (TPSA) is 49.9 Å². The van der Waals surface area contributed by atoms with Crippen molar-refractivity contribution >= 4 is 38.9 Å². The molecule has 1 aliphatic heterocycles. The van der Waals surface area contributed by atoms with Crippen molar-refractivity contribution in [2.45, 2.75) is 31.6 Å². The molecule has 0 radical (unpaired) electrons. The van der Waals surface area contributed by atoms with Crippen molar-refractivity contribution in [2.24, 2.45) is 0 Å². The smallest absolute Gasteiger partial charge is 0.243 e. The highest BCUT2D eigenvalue weighted by Gasteiger charge is 2.29. The van der Waals surface area contributed by atoms with Crippen LogP contribution >= 0.6 is 23.2 Å². The molecule has 1 heterocycles. The number of benzene rings is 2. The largest absolute Gasteiger partial charge is 0.493 e. The van der Waals surface area contributed by atoms with Gasteiger partial charge in [-0.1, -0.05) is 36.5 Å². The zero-order valence-electron chi connectivity index (χ0n) is 16.7. The van der Waals surface area contributed by atoms with Crippen LogP contribution < -0.4 is 9.64 Å². The monoisotopic (exact) mass is 456 g/mol. The van der Waals surface area contributed by atoms with Gasteiger partial charge in [-0.3, -0.25) is 0 Å². The lowest BCUT2D eigenvalue weighted by Gasteiger charge is -2.35. The molecule has 5 nitrogen and oxygen atoms in total. The van der Waals surface area contributed by atoms with Crippen molar-refractivity contribution in [1.82, 2.24) is 4.31 Å². The lowest BCUT2D eigenvalue weighted by molar-refractivity contribution is 0.307. The van der Waals surface area contributed by atoms with E-state index in [0.717, 1.165) is 29.8 Å². The Hall–Kier alpha value is -1.47. The number of aryl methyl sites for hydroxylation is 1. The molecule has 0 saturated carbocycles. The molecule has 2 aromatic carbocycles. The van der Waals surface area contributed by atoms with Crippen molar-refractivity contribution in [3.8, 4) is 5.75 Å². The summed E-state index contributed by atoms with van der Waals surface area (Å²) in [7, 11) is -3.56. The van der Waals surface area contributed by atoms with E-state index in [-0.39, 0.29) is 0 Å². The molecule has 3 rings (SSSR count). The van der Waals surface area contributed by atoms with E-state index in [2.05, 4.69) is 11.8 Å². The molecule has 0 unspecified atom stereocenters. The van der Waals surface area contributed by atoms with Crippen LogP contribution in [0.2, 0.25) is 10.0 Å². The Kier molecular flexibility index (Phi) is 7.32. The summed E-state index contributed by atoms with van der Waals surface area (Å²) in [5.74, 6) is 0.734. The quantitative estimate of drug-likeness (QED) is 0.550. The van der Waals surface area contributed by atoms with Crippen molar-refractivity contribution in [2.75, 3.05) is 37.7 Å². The molecule has 0 bridgehead atoms. The third kappa shape index (κ3) is 5.18. The van der Waals surface area contributed by atoms with Gasteiger partial charge in [0.2, 0.25) is 10.0 Å². The van der Waals surface area contributed by atoms with E-state index < -0.39 is 10.0 Å². The molecule has 0 aliphatic carbocycles. The van der Waals surface area contributed by atoms with Gasteiger partial charge in [-0.2, -0.15) is 4.31 Å². The van der Waals surface area contributed by atoms with E-state index in [1.807, 2.05) is 13.0 Å². The first-order valence-electron chi connectivity index (χ1n) is 9.76. The van der Waals surface area contributed by atoms with Crippen LogP contribution in [0.3, 0.4) is 0 Å². The first-order valence-corrected chi connectivity index (χ1v) is 12.0. The van der Waals surface area contributed by atoms with E-state index in [4.69, 9.17) is 27.9 Å². The van der Waals surface area contributed by atoms with Crippen LogP contribution in [0.15, 0.2) is 41.3 Å². The first kappa shape index (κ1) is 22.2. The molecule has 1 saturated heterocycles. The number of rotatable bonds is 7. The zero-order valence-corrected chi connectivity index (χ0v) is 19.0. The molecular formula is C21H26Cl2N2O3S. The maximum absolute atomic E-state index is 13.1. The van der Waals surface area contributed by atoms with Crippen molar-refractivity contribution in [3.63, 3.8) is 0 Å². The van der Waals surface area contributed by atoms with E-state index in [1.54, 1.807) is 30.3 Å². The second-order valence-electron chi connectivity index (χ2n) is 7.12. The predicted molar refractivity (Wildman–Crippen MR) is 119 cm³/mol. The second kappa shape index (κ2) is 9.56. The standard InChI is InChI=1S/C21H26Cl2N2O3S/c1-3-4-13-28-21-8-6-18(14-16(21)2)29(26,27)25-11-9-24(10-12-25)20-15-17(22)5-7-19(20)23/h5-8,14-15H,3-4,9-13H2,1-2H3. The van der Waals surface area contributed by atoms with Crippen LogP contribution in [0.4, 0.5) is 5.69 Å². The van der Waals surface area contributed by atoms with E-state index >= 15 is 0 Å². The van der Waals surface area contributed by atoms with Gasteiger partial charge >= 0.3 is 0 Å². The summed E-state index contributed by atoms with van der Waals surface area (Å²) < 4.78 is 33.4. The van der Waals surface area contributed by atoms with Crippen LogP contribution in [0.1, 0.15) is 25.3 Å². The summed E-state index contributed by atoms with van der Waals surface area (Å²) in [6, 6.07) is 10.4. The average Bonchev–Trinajstić information content (AvgIpc) is 2.71. The molecule has 0 amide bonds. The van der Waals surface area contributed by atoms with Crippen LogP contribution in [0, 0.1) is 6.92 Å². The Morgan fingerprint density at radius 3 is 2.41 bits per heavy atom. The average molecular weight is 457 g/mol. The molecule has 0 spiro atoms. The van der Waals surface area contributed by atoms with Gasteiger partial charge in [0.1, 0.15) is 5.75 Å². The number of unbranched alkanes of at least 4 members (excludes halogenated alkanes) is 1. The molecular weight excluding hydrogens is 431 g/mol. The minimum atomic E-state index is -3.56. The molecule has 1 fully saturated rings. The van der Waals surface area contributed by atoms with E-state index in [1.165, 1.54) is 4.31 Å². The summed E-state index contributed by atoms with van der Waals surface area (Å²) in [6.45, 7) is 6.49. The van der Waals surface area contributed by atoms with Gasteiger partial charge in [0.25, 0.3) is 0 Å². The second-order valence-corrected chi connectivity index (χ2v) is 9.90. The summed E-state index contributed by atoms with van der Waals surface area (Å²) in [6.07, 6.45) is 2.03. The van der Waals surface area contributed by atoms with Crippen molar-refractivity contribution in [3.05, 3.63) is 52.0 Å². The van der Waals surface area contributed by atoms with Crippen molar-refractivity contribution in [1.29, 1.82) is 0 Å². The van der Waals surface area contributed by atoms with E-state index in [9.17, 15) is 8.42 Å². The van der Waals surface area contributed by atoms with Crippen LogP contribution in [-0.4, -0.2) is 45.5 Å². The fourth-order valence-electron chi connectivity index (χ4n) is 3.32. The summed E-state index contributed by atoms with van der Waals surface area (Å²) >= 11 is 12.4. The maximum Gasteiger partial charge on any atom is 0.243 e. The first-order chi connectivity index (χ1) is 13.8. The van der Waals surface area contributed by atoms with Crippen molar-refractivity contribution < 1.29 is 13.2 Å². The minimum Gasteiger partial charge on any atom is -0.493 e. The van der Waals surface area contributed by atoms with Crippen LogP contribution in [0.25, 0.3) is 0 Å². The number of anilines is 1. The van der Waals surface area contributed by atoms with Gasteiger partial charge in [0.05, 0.1) is 22.2 Å². The number of halogens is 2. The molecule has 2 aromatic rings. The third-order valence-electron chi connectivity index (χ3n) is 5.03. The Bertz CT molecular complexity index is 958. The highest BCUT2D eigenvalue weighted by atomic mass is 35.5. The van der Waals surface area contributed by atoms with Gasteiger partial charge in [-0.25, -0.2) is 8.42 Å². The Labute approximate surface area is 183 Å². The number of piperazine rings is 1.